The Labute approximate surface area is 227 Å². The average Bonchev–Trinajstić information content (AvgIpc) is 3.56. The Hall–Kier alpha value is -2.56. The van der Waals surface area contributed by atoms with Crippen LogP contribution in [0.15, 0.2) is 41.3 Å². The molecule has 5 rings (SSSR count). The van der Waals surface area contributed by atoms with Crippen molar-refractivity contribution in [2.24, 2.45) is 5.41 Å². The molecule has 1 aliphatic carbocycles. The zero-order valence-electron chi connectivity index (χ0n) is 21.8. The normalized spacial score (nSPS) is 22.1. The number of carbonyl (C=O) groups excluding carboxylic acids is 1. The number of nitrogens with zero attached hydrogens (tertiary/aromatic N) is 2. The summed E-state index contributed by atoms with van der Waals surface area (Å²) in [7, 11) is 0. The molecule has 10 heteroatoms. The van der Waals surface area contributed by atoms with Gasteiger partial charge in [-0.15, -0.1) is 0 Å². The van der Waals surface area contributed by atoms with Gasteiger partial charge in [-0.25, -0.2) is 8.78 Å². The number of aliphatic hydroxyl groups is 1. The maximum Gasteiger partial charge on any atom is 0.255 e. The quantitative estimate of drug-likeness (QED) is 0.281. The zero-order valence-corrected chi connectivity index (χ0v) is 22.6. The van der Waals surface area contributed by atoms with Crippen molar-refractivity contribution in [3.8, 4) is 5.75 Å². The summed E-state index contributed by atoms with van der Waals surface area (Å²) < 4.78 is 35.9. The molecule has 1 spiro atoms. The summed E-state index contributed by atoms with van der Waals surface area (Å²) >= 11 is 1.45. The van der Waals surface area contributed by atoms with Gasteiger partial charge in [-0.05, 0) is 86.4 Å². The van der Waals surface area contributed by atoms with Crippen LogP contribution in [0.2, 0.25) is 0 Å². The number of halogens is 2. The van der Waals surface area contributed by atoms with Gasteiger partial charge < -0.3 is 25.0 Å². The smallest absolute Gasteiger partial charge is 0.255 e. The van der Waals surface area contributed by atoms with Crippen LogP contribution >= 0.6 is 11.9 Å². The SMILES string of the molecule is CC1(F)CCN(c2cc(C(=O)Nc3ccc(SNCCO)cc3N3CCC4(CC3)CC4)ccc2OCF)C1. The highest BCUT2D eigenvalue weighted by molar-refractivity contribution is 7.97. The monoisotopic (exact) mass is 546 g/mol. The second-order valence-corrected chi connectivity index (χ2v) is 11.8. The Balaban J connectivity index is 1.38. The number of alkyl halides is 2. The number of nitrogens with one attached hydrogen (secondary N) is 2. The van der Waals surface area contributed by atoms with Crippen LogP contribution in [-0.2, 0) is 0 Å². The molecule has 0 bridgehead atoms. The van der Waals surface area contributed by atoms with Gasteiger partial charge in [-0.3, -0.25) is 9.52 Å². The molecule has 1 saturated carbocycles. The van der Waals surface area contributed by atoms with Crippen LogP contribution in [0.5, 0.6) is 5.75 Å². The van der Waals surface area contributed by atoms with Crippen molar-refractivity contribution in [2.45, 2.75) is 49.6 Å². The average molecular weight is 547 g/mol. The molecular formula is C28H36F2N4O3S. The van der Waals surface area contributed by atoms with Crippen LogP contribution in [-0.4, -0.2) is 62.9 Å². The first-order valence-electron chi connectivity index (χ1n) is 13.3. The Morgan fingerprint density at radius 3 is 2.47 bits per heavy atom. The van der Waals surface area contributed by atoms with Crippen molar-refractivity contribution in [3.63, 3.8) is 0 Å². The van der Waals surface area contributed by atoms with E-state index in [1.807, 2.05) is 12.1 Å². The summed E-state index contributed by atoms with van der Waals surface area (Å²) in [5, 5.41) is 12.2. The number of carbonyl (C=O) groups is 1. The van der Waals surface area contributed by atoms with Crippen LogP contribution in [0.25, 0.3) is 0 Å². The van der Waals surface area contributed by atoms with Gasteiger partial charge in [0, 0.05) is 43.1 Å². The summed E-state index contributed by atoms with van der Waals surface area (Å²) in [6.07, 6.45) is 5.30. The molecule has 2 aliphatic heterocycles. The highest BCUT2D eigenvalue weighted by Gasteiger charge is 2.44. The van der Waals surface area contributed by atoms with Gasteiger partial charge in [-0.2, -0.15) is 0 Å². The lowest BCUT2D eigenvalue weighted by molar-refractivity contribution is 0.102. The van der Waals surface area contributed by atoms with E-state index in [4.69, 9.17) is 9.84 Å². The molecule has 2 aromatic rings. The second-order valence-electron chi connectivity index (χ2n) is 10.9. The predicted octanol–water partition coefficient (Wildman–Crippen LogP) is 5.15. The largest absolute Gasteiger partial charge is 0.461 e. The van der Waals surface area contributed by atoms with E-state index in [1.165, 1.54) is 24.8 Å². The minimum absolute atomic E-state index is 0.0569. The third kappa shape index (κ3) is 6.18. The highest BCUT2D eigenvalue weighted by Crippen LogP contribution is 2.54. The topological polar surface area (TPSA) is 77.1 Å². The number of amides is 1. The first-order valence-corrected chi connectivity index (χ1v) is 14.1. The van der Waals surface area contributed by atoms with E-state index < -0.39 is 12.5 Å². The Bertz CT molecular complexity index is 1150. The van der Waals surface area contributed by atoms with Crippen molar-refractivity contribution in [3.05, 3.63) is 42.0 Å². The fourth-order valence-electron chi connectivity index (χ4n) is 5.43. The Morgan fingerprint density at radius 2 is 1.82 bits per heavy atom. The van der Waals surface area contributed by atoms with Gasteiger partial charge in [-0.1, -0.05) is 0 Å². The lowest BCUT2D eigenvalue weighted by Gasteiger charge is -2.35. The molecule has 3 fully saturated rings. The molecule has 1 amide bonds. The molecule has 2 heterocycles. The third-order valence-corrected chi connectivity index (χ3v) is 8.78. The van der Waals surface area contributed by atoms with Crippen molar-refractivity contribution >= 4 is 34.9 Å². The van der Waals surface area contributed by atoms with Gasteiger partial charge in [0.05, 0.1) is 30.2 Å². The fourth-order valence-corrected chi connectivity index (χ4v) is 6.10. The van der Waals surface area contributed by atoms with E-state index >= 15 is 0 Å². The minimum atomic E-state index is -1.35. The van der Waals surface area contributed by atoms with Gasteiger partial charge >= 0.3 is 0 Å². The van der Waals surface area contributed by atoms with Crippen molar-refractivity contribution in [1.29, 1.82) is 0 Å². The van der Waals surface area contributed by atoms with E-state index in [-0.39, 0.29) is 19.1 Å². The lowest BCUT2D eigenvalue weighted by Crippen LogP contribution is -2.35. The van der Waals surface area contributed by atoms with Gasteiger partial charge in [0.2, 0.25) is 6.86 Å². The lowest BCUT2D eigenvalue weighted by atomic mass is 9.93. The van der Waals surface area contributed by atoms with Crippen molar-refractivity contribution < 1.29 is 23.4 Å². The van der Waals surface area contributed by atoms with E-state index in [9.17, 15) is 13.6 Å². The van der Waals surface area contributed by atoms with Gasteiger partial charge in [0.25, 0.3) is 5.91 Å². The number of ether oxygens (including phenoxy) is 1. The number of hydrogen-bond acceptors (Lipinski definition) is 7. The Kier molecular flexibility index (Phi) is 8.02. The first kappa shape index (κ1) is 27.0. The molecule has 2 saturated heterocycles. The van der Waals surface area contributed by atoms with Crippen LogP contribution in [0.3, 0.4) is 0 Å². The summed E-state index contributed by atoms with van der Waals surface area (Å²) in [6.45, 7) is 3.59. The second kappa shape index (κ2) is 11.3. The maximum atomic E-state index is 14.6. The summed E-state index contributed by atoms with van der Waals surface area (Å²) in [5.41, 5.74) is 1.78. The number of aliphatic hydroxyl groups excluding tert-OH is 1. The number of benzene rings is 2. The van der Waals surface area contributed by atoms with E-state index in [1.54, 1.807) is 30.0 Å². The molecule has 3 N–H and O–H groups in total. The molecule has 206 valence electrons. The number of piperidine rings is 1. The van der Waals surface area contributed by atoms with E-state index in [0.29, 0.717) is 41.9 Å². The van der Waals surface area contributed by atoms with Crippen molar-refractivity contribution in [1.82, 2.24) is 4.72 Å². The molecule has 7 nitrogen and oxygen atoms in total. The molecule has 3 aliphatic rings. The van der Waals surface area contributed by atoms with Crippen LogP contribution in [0.1, 0.15) is 49.4 Å². The van der Waals surface area contributed by atoms with E-state index in [2.05, 4.69) is 21.0 Å². The van der Waals surface area contributed by atoms with Crippen LogP contribution in [0.4, 0.5) is 25.8 Å². The van der Waals surface area contributed by atoms with Crippen LogP contribution < -0.4 is 24.6 Å². The zero-order chi connectivity index (χ0) is 26.8. The predicted molar refractivity (Wildman–Crippen MR) is 148 cm³/mol. The number of hydrogen-bond donors (Lipinski definition) is 3. The standard InChI is InChI=1S/C28H36F2N4O3S/c1-27(30)8-12-34(18-27)24-16-20(2-5-25(24)37-19-29)26(36)32-22-4-3-21(38-31-11-15-35)17-23(22)33-13-9-28(6-7-28)10-14-33/h2-5,16-17,31,35H,6-15,18-19H2,1H3,(H,32,36). The molecular weight excluding hydrogens is 510 g/mol. The first-order chi connectivity index (χ1) is 18.3. The number of anilines is 3. The Morgan fingerprint density at radius 1 is 1.05 bits per heavy atom. The van der Waals surface area contributed by atoms with Gasteiger partial charge in [0.15, 0.2) is 0 Å². The van der Waals surface area contributed by atoms with Crippen molar-refractivity contribution in [2.75, 3.05) is 61.3 Å². The summed E-state index contributed by atoms with van der Waals surface area (Å²) in [4.78, 5) is 18.6. The molecule has 1 unspecified atom stereocenters. The molecule has 1 atom stereocenters. The number of rotatable bonds is 10. The molecule has 0 aromatic heterocycles. The molecule has 0 radical (unpaired) electrons. The minimum Gasteiger partial charge on any atom is -0.461 e. The van der Waals surface area contributed by atoms with E-state index in [0.717, 1.165) is 42.2 Å². The molecule has 38 heavy (non-hydrogen) atoms. The van der Waals surface area contributed by atoms with Crippen LogP contribution in [0, 0.1) is 5.41 Å². The maximum absolute atomic E-state index is 14.6. The summed E-state index contributed by atoms with van der Waals surface area (Å²) in [5.74, 6) is -0.00231. The molecule has 2 aromatic carbocycles. The van der Waals surface area contributed by atoms with Gasteiger partial charge in [0.1, 0.15) is 11.4 Å². The highest BCUT2D eigenvalue weighted by atomic mass is 32.2. The fraction of sp³-hybridized carbons (Fsp3) is 0.536. The third-order valence-electron chi connectivity index (χ3n) is 7.94. The summed E-state index contributed by atoms with van der Waals surface area (Å²) in [6, 6.07) is 10.8.